The van der Waals surface area contributed by atoms with Crippen molar-refractivity contribution in [1.29, 1.82) is 0 Å². The van der Waals surface area contributed by atoms with E-state index in [9.17, 15) is 24.5 Å². The van der Waals surface area contributed by atoms with Crippen LogP contribution in [0.5, 0.6) is 0 Å². The third kappa shape index (κ3) is 4.63. The van der Waals surface area contributed by atoms with E-state index in [1.54, 1.807) is 12.1 Å². The van der Waals surface area contributed by atoms with Gasteiger partial charge in [0.2, 0.25) is 0 Å². The highest BCUT2D eigenvalue weighted by molar-refractivity contribution is 6.02. The Morgan fingerprint density at radius 3 is 2.50 bits per heavy atom. The Labute approximate surface area is 147 Å². The third-order valence-corrected chi connectivity index (χ3v) is 3.23. The van der Waals surface area contributed by atoms with E-state index in [4.69, 9.17) is 4.74 Å². The zero-order chi connectivity index (χ0) is 19.1. The maximum absolute atomic E-state index is 11.9. The van der Waals surface area contributed by atoms with E-state index in [-0.39, 0.29) is 22.5 Å². The number of amides is 1. The number of nitrogens with zero attached hydrogens (tertiary/aromatic N) is 1. The first-order valence-electron chi connectivity index (χ1n) is 7.31. The Morgan fingerprint density at radius 2 is 1.81 bits per heavy atom. The molecule has 9 nitrogen and oxygen atoms in total. The SMILES string of the molecule is COC(=O)c1ccccc1NC(=O)COC(=O)c1cccc([N+](=O)[O-])c1. The van der Waals surface area contributed by atoms with Gasteiger partial charge in [-0.05, 0) is 18.2 Å². The number of anilines is 1. The second-order valence-corrected chi connectivity index (χ2v) is 4.97. The molecule has 0 spiro atoms. The number of ether oxygens (including phenoxy) is 2. The first-order chi connectivity index (χ1) is 12.4. The van der Waals surface area contributed by atoms with Crippen molar-refractivity contribution in [1.82, 2.24) is 0 Å². The van der Waals surface area contributed by atoms with E-state index in [2.05, 4.69) is 10.1 Å². The highest BCUT2D eigenvalue weighted by Crippen LogP contribution is 2.16. The Morgan fingerprint density at radius 1 is 1.08 bits per heavy atom. The van der Waals surface area contributed by atoms with Gasteiger partial charge in [0.15, 0.2) is 6.61 Å². The summed E-state index contributed by atoms with van der Waals surface area (Å²) in [5.41, 5.74) is 0.0296. The van der Waals surface area contributed by atoms with Gasteiger partial charge in [0, 0.05) is 12.1 Å². The van der Waals surface area contributed by atoms with E-state index in [1.807, 2.05) is 0 Å². The predicted octanol–water partition coefficient (Wildman–Crippen LogP) is 2.18. The summed E-state index contributed by atoms with van der Waals surface area (Å²) in [7, 11) is 1.21. The molecule has 134 valence electrons. The van der Waals surface area contributed by atoms with Crippen molar-refractivity contribution in [3.05, 3.63) is 69.8 Å². The average molecular weight is 358 g/mol. The molecule has 0 aliphatic heterocycles. The van der Waals surface area contributed by atoms with Gasteiger partial charge < -0.3 is 14.8 Å². The number of carbonyl (C=O) groups is 3. The molecule has 9 heteroatoms. The summed E-state index contributed by atoms with van der Waals surface area (Å²) in [5, 5.41) is 13.1. The standard InChI is InChI=1S/C17H14N2O7/c1-25-17(22)13-7-2-3-8-14(13)18-15(20)10-26-16(21)11-5-4-6-12(9-11)19(23)24/h2-9H,10H2,1H3,(H,18,20). The van der Waals surface area contributed by atoms with Crippen molar-refractivity contribution >= 4 is 29.2 Å². The van der Waals surface area contributed by atoms with Crippen LogP contribution in [-0.2, 0) is 14.3 Å². The molecule has 2 rings (SSSR count). The molecule has 26 heavy (non-hydrogen) atoms. The average Bonchev–Trinajstić information content (AvgIpc) is 2.66. The molecular weight excluding hydrogens is 344 g/mol. The number of nitro benzene ring substituents is 1. The molecule has 0 saturated heterocycles. The van der Waals surface area contributed by atoms with Crippen LogP contribution in [0, 0.1) is 10.1 Å². The summed E-state index contributed by atoms with van der Waals surface area (Å²) in [6.45, 7) is -0.628. The van der Waals surface area contributed by atoms with E-state index in [0.717, 1.165) is 6.07 Å². The van der Waals surface area contributed by atoms with E-state index < -0.39 is 29.4 Å². The van der Waals surface area contributed by atoms with Crippen molar-refractivity contribution < 1.29 is 28.8 Å². The molecule has 0 heterocycles. The van der Waals surface area contributed by atoms with Crippen molar-refractivity contribution in [2.45, 2.75) is 0 Å². The number of para-hydroxylation sites is 1. The smallest absolute Gasteiger partial charge is 0.339 e. The Bertz CT molecular complexity index is 864. The molecule has 0 aliphatic carbocycles. The molecule has 0 bridgehead atoms. The van der Waals surface area contributed by atoms with Crippen molar-refractivity contribution in [3.63, 3.8) is 0 Å². The molecular formula is C17H14N2O7. The van der Waals surface area contributed by atoms with Gasteiger partial charge >= 0.3 is 11.9 Å². The molecule has 0 saturated carbocycles. The molecule has 0 fully saturated rings. The summed E-state index contributed by atoms with van der Waals surface area (Å²) in [4.78, 5) is 45.5. The summed E-state index contributed by atoms with van der Waals surface area (Å²) in [6.07, 6.45) is 0. The number of nitrogens with one attached hydrogen (secondary N) is 1. The molecule has 1 N–H and O–H groups in total. The molecule has 0 unspecified atom stereocenters. The number of nitro groups is 1. The lowest BCUT2D eigenvalue weighted by Gasteiger charge is -2.10. The minimum absolute atomic E-state index is 0.0537. The Balaban J connectivity index is 1.99. The third-order valence-electron chi connectivity index (χ3n) is 3.23. The van der Waals surface area contributed by atoms with Crippen LogP contribution in [0.25, 0.3) is 0 Å². The number of carbonyl (C=O) groups excluding carboxylic acids is 3. The first-order valence-corrected chi connectivity index (χ1v) is 7.31. The lowest BCUT2D eigenvalue weighted by atomic mass is 10.2. The molecule has 0 aliphatic rings. The van der Waals surface area contributed by atoms with Gasteiger partial charge in [0.25, 0.3) is 11.6 Å². The van der Waals surface area contributed by atoms with Gasteiger partial charge in [-0.3, -0.25) is 14.9 Å². The molecule has 0 aromatic heterocycles. The maximum atomic E-state index is 11.9. The van der Waals surface area contributed by atoms with Crippen LogP contribution in [0.3, 0.4) is 0 Å². The minimum atomic E-state index is -0.884. The quantitative estimate of drug-likeness (QED) is 0.476. The Kier molecular flexibility index (Phi) is 5.99. The lowest BCUT2D eigenvalue weighted by Crippen LogP contribution is -2.22. The number of non-ortho nitro benzene ring substituents is 1. The molecule has 2 aromatic rings. The van der Waals surface area contributed by atoms with Gasteiger partial charge in [0.05, 0.1) is 28.8 Å². The molecule has 1 amide bonds. The van der Waals surface area contributed by atoms with Gasteiger partial charge in [-0.25, -0.2) is 9.59 Å². The second-order valence-electron chi connectivity index (χ2n) is 4.97. The number of benzene rings is 2. The molecule has 0 atom stereocenters. The van der Waals surface area contributed by atoms with E-state index >= 15 is 0 Å². The molecule has 0 radical (unpaired) electrons. The fourth-order valence-corrected chi connectivity index (χ4v) is 2.03. The number of rotatable bonds is 6. The fraction of sp³-hybridized carbons (Fsp3) is 0.118. The van der Waals surface area contributed by atoms with Gasteiger partial charge in [-0.15, -0.1) is 0 Å². The maximum Gasteiger partial charge on any atom is 0.339 e. The largest absolute Gasteiger partial charge is 0.465 e. The number of hydrogen-bond acceptors (Lipinski definition) is 7. The zero-order valence-corrected chi connectivity index (χ0v) is 13.6. The summed E-state index contributed by atoms with van der Waals surface area (Å²) in [6, 6.07) is 11.1. The highest BCUT2D eigenvalue weighted by atomic mass is 16.6. The highest BCUT2D eigenvalue weighted by Gasteiger charge is 2.16. The lowest BCUT2D eigenvalue weighted by molar-refractivity contribution is -0.384. The van der Waals surface area contributed by atoms with Gasteiger partial charge in [-0.2, -0.15) is 0 Å². The monoisotopic (exact) mass is 358 g/mol. The predicted molar refractivity (Wildman–Crippen MR) is 89.8 cm³/mol. The second kappa shape index (κ2) is 8.38. The zero-order valence-electron chi connectivity index (χ0n) is 13.6. The topological polar surface area (TPSA) is 125 Å². The van der Waals surface area contributed by atoms with Crippen LogP contribution >= 0.6 is 0 Å². The fourth-order valence-electron chi connectivity index (χ4n) is 2.03. The van der Waals surface area contributed by atoms with Crippen molar-refractivity contribution in [2.75, 3.05) is 19.0 Å². The normalized spacial score (nSPS) is 9.88. The minimum Gasteiger partial charge on any atom is -0.465 e. The molecule has 2 aromatic carbocycles. The summed E-state index contributed by atoms with van der Waals surface area (Å²) >= 11 is 0. The number of hydrogen-bond donors (Lipinski definition) is 1. The van der Waals surface area contributed by atoms with E-state index in [0.29, 0.717) is 0 Å². The van der Waals surface area contributed by atoms with Crippen molar-refractivity contribution in [2.24, 2.45) is 0 Å². The van der Waals surface area contributed by atoms with E-state index in [1.165, 1.54) is 37.4 Å². The number of methoxy groups -OCH3 is 1. The summed E-state index contributed by atoms with van der Waals surface area (Å²) in [5.74, 6) is -2.19. The van der Waals surface area contributed by atoms with Gasteiger partial charge in [0.1, 0.15) is 0 Å². The van der Waals surface area contributed by atoms with Crippen LogP contribution in [0.1, 0.15) is 20.7 Å². The van der Waals surface area contributed by atoms with Crippen LogP contribution in [0.15, 0.2) is 48.5 Å². The van der Waals surface area contributed by atoms with Crippen LogP contribution in [-0.4, -0.2) is 36.5 Å². The Hall–Kier alpha value is -3.75. The van der Waals surface area contributed by atoms with Crippen LogP contribution < -0.4 is 5.32 Å². The van der Waals surface area contributed by atoms with Crippen LogP contribution in [0.2, 0.25) is 0 Å². The summed E-state index contributed by atoms with van der Waals surface area (Å²) < 4.78 is 9.45. The van der Waals surface area contributed by atoms with Crippen molar-refractivity contribution in [3.8, 4) is 0 Å². The first kappa shape index (κ1) is 18.6. The van der Waals surface area contributed by atoms with Gasteiger partial charge in [-0.1, -0.05) is 18.2 Å². The van der Waals surface area contributed by atoms with Crippen LogP contribution in [0.4, 0.5) is 11.4 Å². The number of esters is 2.